The lowest BCUT2D eigenvalue weighted by Gasteiger charge is -2.32. The molecule has 0 bridgehead atoms. The van der Waals surface area contributed by atoms with Crippen LogP contribution in [-0.4, -0.2) is 5.91 Å². The SMILES string of the molecule is C[C@H](NC(=O)[C@H]1CCCC[C@@H]1c1ccccc1)c1ccccc1. The van der Waals surface area contributed by atoms with Gasteiger partial charge < -0.3 is 5.32 Å². The highest BCUT2D eigenvalue weighted by Gasteiger charge is 2.32. The molecular formula is C21H25NO. The molecule has 1 amide bonds. The second kappa shape index (κ2) is 7.45. The van der Waals surface area contributed by atoms with Crippen molar-refractivity contribution in [2.45, 2.75) is 44.6 Å². The monoisotopic (exact) mass is 307 g/mol. The third-order valence-corrected chi connectivity index (χ3v) is 4.99. The Kier molecular flexibility index (Phi) is 5.12. The van der Waals surface area contributed by atoms with Crippen LogP contribution in [0.4, 0.5) is 0 Å². The molecule has 1 aliphatic rings. The van der Waals surface area contributed by atoms with Crippen molar-refractivity contribution < 1.29 is 4.79 Å². The van der Waals surface area contributed by atoms with Crippen LogP contribution in [0.3, 0.4) is 0 Å². The lowest BCUT2D eigenvalue weighted by atomic mass is 9.75. The molecule has 23 heavy (non-hydrogen) atoms. The summed E-state index contributed by atoms with van der Waals surface area (Å²) in [5.74, 6) is 0.653. The summed E-state index contributed by atoms with van der Waals surface area (Å²) in [5.41, 5.74) is 2.47. The molecule has 1 fully saturated rings. The van der Waals surface area contributed by atoms with Gasteiger partial charge >= 0.3 is 0 Å². The molecule has 3 rings (SSSR count). The van der Waals surface area contributed by atoms with Crippen molar-refractivity contribution in [2.24, 2.45) is 5.92 Å². The largest absolute Gasteiger partial charge is 0.349 e. The average molecular weight is 307 g/mol. The minimum atomic E-state index is 0.0575. The summed E-state index contributed by atoms with van der Waals surface area (Å²) in [4.78, 5) is 12.9. The van der Waals surface area contributed by atoms with Crippen molar-refractivity contribution in [3.8, 4) is 0 Å². The van der Waals surface area contributed by atoms with Crippen molar-refractivity contribution in [1.29, 1.82) is 0 Å². The Labute approximate surface area is 138 Å². The molecule has 0 aliphatic heterocycles. The Morgan fingerprint density at radius 2 is 1.57 bits per heavy atom. The van der Waals surface area contributed by atoms with Crippen LogP contribution < -0.4 is 5.32 Å². The maximum atomic E-state index is 12.9. The highest BCUT2D eigenvalue weighted by atomic mass is 16.1. The summed E-state index contributed by atoms with van der Waals surface area (Å²) in [6, 6.07) is 20.8. The lowest BCUT2D eigenvalue weighted by Crippen LogP contribution is -2.37. The fourth-order valence-electron chi connectivity index (χ4n) is 3.69. The van der Waals surface area contributed by atoms with Gasteiger partial charge in [0.25, 0.3) is 0 Å². The van der Waals surface area contributed by atoms with Crippen LogP contribution in [0.2, 0.25) is 0 Å². The van der Waals surface area contributed by atoms with Gasteiger partial charge in [0.1, 0.15) is 0 Å². The van der Waals surface area contributed by atoms with Crippen LogP contribution in [0, 0.1) is 5.92 Å². The topological polar surface area (TPSA) is 29.1 Å². The third-order valence-electron chi connectivity index (χ3n) is 4.99. The quantitative estimate of drug-likeness (QED) is 0.860. The Morgan fingerprint density at radius 1 is 0.957 bits per heavy atom. The number of hydrogen-bond acceptors (Lipinski definition) is 1. The van der Waals surface area contributed by atoms with Crippen LogP contribution in [0.1, 0.15) is 55.7 Å². The average Bonchev–Trinajstić information content (AvgIpc) is 2.63. The van der Waals surface area contributed by atoms with Crippen molar-refractivity contribution in [1.82, 2.24) is 5.32 Å². The van der Waals surface area contributed by atoms with Crippen molar-refractivity contribution in [3.63, 3.8) is 0 Å². The van der Waals surface area contributed by atoms with Crippen LogP contribution in [0.15, 0.2) is 60.7 Å². The fourth-order valence-corrected chi connectivity index (χ4v) is 3.69. The van der Waals surface area contributed by atoms with Crippen LogP contribution in [0.5, 0.6) is 0 Å². The van der Waals surface area contributed by atoms with E-state index in [1.165, 1.54) is 12.0 Å². The Hall–Kier alpha value is -2.09. The van der Waals surface area contributed by atoms with E-state index in [1.807, 2.05) is 24.3 Å². The van der Waals surface area contributed by atoms with E-state index < -0.39 is 0 Å². The summed E-state index contributed by atoms with van der Waals surface area (Å²) in [6.07, 6.45) is 4.48. The smallest absolute Gasteiger partial charge is 0.224 e. The Balaban J connectivity index is 1.72. The van der Waals surface area contributed by atoms with Crippen LogP contribution >= 0.6 is 0 Å². The predicted molar refractivity (Wildman–Crippen MR) is 94.1 cm³/mol. The standard InChI is InChI=1S/C21H25NO/c1-16(17-10-4-2-5-11-17)22-21(23)20-15-9-8-14-19(20)18-12-6-3-7-13-18/h2-7,10-13,16,19-20H,8-9,14-15H2,1H3,(H,22,23)/t16-,19+,20-/m0/s1. The second-order valence-corrected chi connectivity index (χ2v) is 6.55. The number of hydrogen-bond donors (Lipinski definition) is 1. The van der Waals surface area contributed by atoms with E-state index in [0.717, 1.165) is 24.8 Å². The molecule has 1 N–H and O–H groups in total. The molecule has 2 aromatic carbocycles. The molecule has 1 aliphatic carbocycles. The van der Waals surface area contributed by atoms with Gasteiger partial charge in [-0.25, -0.2) is 0 Å². The molecule has 1 saturated carbocycles. The number of benzene rings is 2. The first-order valence-electron chi connectivity index (χ1n) is 8.66. The van der Waals surface area contributed by atoms with E-state index in [2.05, 4.69) is 48.6 Å². The zero-order valence-electron chi connectivity index (χ0n) is 13.7. The molecule has 0 unspecified atom stereocenters. The van der Waals surface area contributed by atoms with E-state index in [0.29, 0.717) is 5.92 Å². The van der Waals surface area contributed by atoms with E-state index in [9.17, 15) is 4.79 Å². The summed E-state index contributed by atoms with van der Waals surface area (Å²) in [5, 5.41) is 3.23. The van der Waals surface area contributed by atoms with Gasteiger partial charge in [-0.2, -0.15) is 0 Å². The minimum Gasteiger partial charge on any atom is -0.349 e. The van der Waals surface area contributed by atoms with Gasteiger partial charge in [-0.15, -0.1) is 0 Å². The first-order valence-corrected chi connectivity index (χ1v) is 8.66. The highest BCUT2D eigenvalue weighted by molar-refractivity contribution is 5.80. The highest BCUT2D eigenvalue weighted by Crippen LogP contribution is 2.38. The van der Waals surface area contributed by atoms with Gasteiger partial charge in [0.15, 0.2) is 0 Å². The van der Waals surface area contributed by atoms with E-state index in [4.69, 9.17) is 0 Å². The van der Waals surface area contributed by atoms with Gasteiger partial charge in [-0.05, 0) is 36.8 Å². The summed E-state index contributed by atoms with van der Waals surface area (Å²) in [7, 11) is 0. The van der Waals surface area contributed by atoms with E-state index in [-0.39, 0.29) is 17.9 Å². The van der Waals surface area contributed by atoms with Crippen molar-refractivity contribution in [3.05, 3.63) is 71.8 Å². The van der Waals surface area contributed by atoms with Gasteiger partial charge in [0.2, 0.25) is 5.91 Å². The Bertz CT molecular complexity index is 623. The van der Waals surface area contributed by atoms with Gasteiger partial charge in [0, 0.05) is 5.92 Å². The minimum absolute atomic E-state index is 0.0575. The zero-order chi connectivity index (χ0) is 16.1. The van der Waals surface area contributed by atoms with Crippen LogP contribution in [0.25, 0.3) is 0 Å². The number of carbonyl (C=O) groups excluding carboxylic acids is 1. The van der Waals surface area contributed by atoms with Crippen molar-refractivity contribution in [2.75, 3.05) is 0 Å². The Morgan fingerprint density at radius 3 is 2.26 bits per heavy atom. The van der Waals surface area contributed by atoms with Crippen LogP contribution in [-0.2, 0) is 4.79 Å². The lowest BCUT2D eigenvalue weighted by molar-refractivity contribution is -0.127. The van der Waals surface area contributed by atoms with Gasteiger partial charge in [-0.1, -0.05) is 73.5 Å². The number of carbonyl (C=O) groups is 1. The second-order valence-electron chi connectivity index (χ2n) is 6.55. The summed E-state index contributed by atoms with van der Waals surface area (Å²) >= 11 is 0. The normalized spacial score (nSPS) is 22.3. The molecule has 2 aromatic rings. The molecule has 0 heterocycles. The maximum Gasteiger partial charge on any atom is 0.224 e. The molecular weight excluding hydrogens is 282 g/mol. The number of amides is 1. The predicted octanol–water partition coefficient (Wildman–Crippen LogP) is 4.84. The first kappa shape index (κ1) is 15.8. The molecule has 2 heteroatoms. The zero-order valence-corrected chi connectivity index (χ0v) is 13.7. The molecule has 0 spiro atoms. The van der Waals surface area contributed by atoms with E-state index >= 15 is 0 Å². The molecule has 0 radical (unpaired) electrons. The summed E-state index contributed by atoms with van der Waals surface area (Å²) < 4.78 is 0. The molecule has 0 saturated heterocycles. The molecule has 0 aromatic heterocycles. The third kappa shape index (κ3) is 3.82. The molecule has 2 nitrogen and oxygen atoms in total. The number of rotatable bonds is 4. The van der Waals surface area contributed by atoms with Crippen molar-refractivity contribution >= 4 is 5.91 Å². The first-order chi connectivity index (χ1) is 11.3. The maximum absolute atomic E-state index is 12.9. The molecule has 3 atom stereocenters. The van der Waals surface area contributed by atoms with Gasteiger partial charge in [0.05, 0.1) is 6.04 Å². The number of nitrogens with one attached hydrogen (secondary N) is 1. The van der Waals surface area contributed by atoms with E-state index in [1.54, 1.807) is 0 Å². The van der Waals surface area contributed by atoms with Gasteiger partial charge in [-0.3, -0.25) is 4.79 Å². The molecule has 120 valence electrons. The summed E-state index contributed by atoms with van der Waals surface area (Å²) in [6.45, 7) is 2.06. The fraction of sp³-hybridized carbons (Fsp3) is 0.381.